The van der Waals surface area contributed by atoms with Crippen LogP contribution in [0.3, 0.4) is 0 Å². The zero-order valence-electron chi connectivity index (χ0n) is 10.4. The molecule has 1 fully saturated rings. The van der Waals surface area contributed by atoms with Crippen molar-refractivity contribution in [2.75, 3.05) is 6.61 Å². The molecule has 4 unspecified atom stereocenters. The van der Waals surface area contributed by atoms with Crippen molar-refractivity contribution in [2.24, 2.45) is 5.92 Å². The molecule has 0 radical (unpaired) electrons. The van der Waals surface area contributed by atoms with E-state index in [2.05, 4.69) is 41.0 Å². The molecule has 18 heavy (non-hydrogen) atoms. The van der Waals surface area contributed by atoms with Gasteiger partial charge in [0, 0.05) is 18.0 Å². The molecule has 0 amide bonds. The number of carbonyl (C=O) groups excluding carboxylic acids is 1. The summed E-state index contributed by atoms with van der Waals surface area (Å²) >= 11 is 0. The maximum atomic E-state index is 11.8. The monoisotopic (exact) mass is 246 g/mol. The van der Waals surface area contributed by atoms with Gasteiger partial charge in [-0.25, -0.2) is 4.79 Å². The van der Waals surface area contributed by atoms with Gasteiger partial charge >= 0.3 is 5.97 Å². The normalized spacial score (nSPS) is 36.8. The van der Waals surface area contributed by atoms with Gasteiger partial charge in [-0.3, -0.25) is 10.6 Å². The minimum Gasteiger partial charge on any atom is -0.464 e. The number of nitrogens with one attached hydrogen (secondary N) is 2. The van der Waals surface area contributed by atoms with Gasteiger partial charge in [0.1, 0.15) is 0 Å². The predicted octanol–water partition coefficient (Wildman–Crippen LogP) is 0.878. The molecule has 3 rings (SSSR count). The lowest BCUT2D eigenvalue weighted by atomic mass is 9.75. The molecule has 0 saturated carbocycles. The van der Waals surface area contributed by atoms with E-state index >= 15 is 0 Å². The van der Waals surface area contributed by atoms with E-state index in [9.17, 15) is 4.79 Å². The van der Waals surface area contributed by atoms with Crippen molar-refractivity contribution in [1.82, 2.24) is 10.6 Å². The molecule has 0 aromatic carbocycles. The average Bonchev–Trinajstić information content (AvgIpc) is 2.39. The number of hydrogen-bond acceptors (Lipinski definition) is 4. The van der Waals surface area contributed by atoms with Crippen molar-refractivity contribution in [1.29, 1.82) is 0 Å². The third-order valence-electron chi connectivity index (χ3n) is 3.77. The van der Waals surface area contributed by atoms with Gasteiger partial charge in [0.2, 0.25) is 0 Å². The highest BCUT2D eigenvalue weighted by molar-refractivity contribution is 5.75. The molecule has 0 aromatic heterocycles. The lowest BCUT2D eigenvalue weighted by molar-refractivity contribution is -0.148. The molecule has 2 N–H and O–H groups in total. The Morgan fingerprint density at radius 2 is 2.39 bits per heavy atom. The molecule has 1 saturated heterocycles. The first-order valence-corrected chi connectivity index (χ1v) is 6.53. The first kappa shape index (κ1) is 11.7. The Balaban J connectivity index is 1.81. The van der Waals surface area contributed by atoms with E-state index in [0.717, 1.165) is 6.42 Å². The third kappa shape index (κ3) is 1.91. The Labute approximate surface area is 107 Å². The fourth-order valence-electron chi connectivity index (χ4n) is 3.02. The van der Waals surface area contributed by atoms with Crippen LogP contribution in [0.2, 0.25) is 0 Å². The smallest absolute Gasteiger partial charge is 0.338 e. The summed E-state index contributed by atoms with van der Waals surface area (Å²) in [5.74, 6) is 0.209. The summed E-state index contributed by atoms with van der Waals surface area (Å²) < 4.78 is 5.08. The fourth-order valence-corrected chi connectivity index (χ4v) is 3.02. The first-order valence-electron chi connectivity index (χ1n) is 6.53. The summed E-state index contributed by atoms with van der Waals surface area (Å²) in [6.07, 6.45) is 11.3. The quantitative estimate of drug-likeness (QED) is 0.710. The molecule has 3 aliphatic rings. The first-order chi connectivity index (χ1) is 8.79. The van der Waals surface area contributed by atoms with Crippen LogP contribution in [0, 0.1) is 5.92 Å². The zero-order chi connectivity index (χ0) is 12.5. The van der Waals surface area contributed by atoms with E-state index in [4.69, 9.17) is 4.74 Å². The van der Waals surface area contributed by atoms with Crippen molar-refractivity contribution in [2.45, 2.75) is 31.6 Å². The fraction of sp³-hybridized carbons (Fsp3) is 0.500. The lowest BCUT2D eigenvalue weighted by Gasteiger charge is -2.45. The SMILES string of the molecule is CCOC(=O)C1NC2C=CC=C3C=CCC(N1)C32. The summed E-state index contributed by atoms with van der Waals surface area (Å²) in [4.78, 5) is 11.8. The van der Waals surface area contributed by atoms with Gasteiger partial charge in [0.05, 0.1) is 6.61 Å². The van der Waals surface area contributed by atoms with Crippen molar-refractivity contribution in [3.8, 4) is 0 Å². The Bertz CT molecular complexity index is 439. The van der Waals surface area contributed by atoms with E-state index in [-0.39, 0.29) is 12.0 Å². The van der Waals surface area contributed by atoms with Gasteiger partial charge < -0.3 is 4.74 Å². The van der Waals surface area contributed by atoms with Crippen molar-refractivity contribution in [3.05, 3.63) is 36.0 Å². The number of esters is 1. The van der Waals surface area contributed by atoms with Crippen LogP contribution < -0.4 is 10.6 Å². The predicted molar refractivity (Wildman–Crippen MR) is 68.7 cm³/mol. The number of allylic oxidation sites excluding steroid dienone is 3. The van der Waals surface area contributed by atoms with Gasteiger partial charge in [0.25, 0.3) is 0 Å². The highest BCUT2D eigenvalue weighted by atomic mass is 16.5. The average molecular weight is 246 g/mol. The molecule has 4 atom stereocenters. The van der Waals surface area contributed by atoms with E-state index < -0.39 is 6.17 Å². The molecular formula is C14H18N2O2. The van der Waals surface area contributed by atoms with E-state index in [1.807, 2.05) is 6.92 Å². The molecule has 4 nitrogen and oxygen atoms in total. The highest BCUT2D eigenvalue weighted by Crippen LogP contribution is 2.33. The molecular weight excluding hydrogens is 228 g/mol. The van der Waals surface area contributed by atoms with Crippen LogP contribution in [0.5, 0.6) is 0 Å². The summed E-state index contributed by atoms with van der Waals surface area (Å²) in [5, 5.41) is 6.68. The van der Waals surface area contributed by atoms with Crippen LogP contribution in [0.1, 0.15) is 13.3 Å². The van der Waals surface area contributed by atoms with Crippen LogP contribution in [0.4, 0.5) is 0 Å². The summed E-state index contributed by atoms with van der Waals surface area (Å²) in [7, 11) is 0. The molecule has 1 aliphatic heterocycles. The standard InChI is InChI=1S/C14H18N2O2/c1-2-18-14(17)13-15-10-7-3-5-9-6-4-8-11(16-13)12(9)10/h3-7,10-13,15-16H,2,8H2,1H3. The number of ether oxygens (including phenoxy) is 1. The zero-order valence-corrected chi connectivity index (χ0v) is 10.4. The van der Waals surface area contributed by atoms with Crippen LogP contribution >= 0.6 is 0 Å². The number of hydrogen-bond donors (Lipinski definition) is 2. The van der Waals surface area contributed by atoms with Gasteiger partial charge in [-0.1, -0.05) is 30.4 Å². The Morgan fingerprint density at radius 3 is 3.22 bits per heavy atom. The second kappa shape index (κ2) is 4.71. The maximum Gasteiger partial charge on any atom is 0.338 e. The maximum absolute atomic E-state index is 11.8. The number of rotatable bonds is 2. The Hall–Kier alpha value is -1.39. The van der Waals surface area contributed by atoms with Crippen molar-refractivity contribution < 1.29 is 9.53 Å². The second-order valence-electron chi connectivity index (χ2n) is 4.87. The van der Waals surface area contributed by atoms with Crippen LogP contribution in [-0.2, 0) is 9.53 Å². The summed E-state index contributed by atoms with van der Waals surface area (Å²) in [6.45, 7) is 2.24. The van der Waals surface area contributed by atoms with Crippen LogP contribution in [0.25, 0.3) is 0 Å². The van der Waals surface area contributed by atoms with E-state index in [1.54, 1.807) is 0 Å². The Morgan fingerprint density at radius 1 is 1.50 bits per heavy atom. The second-order valence-corrected chi connectivity index (χ2v) is 4.87. The molecule has 0 spiro atoms. The third-order valence-corrected chi connectivity index (χ3v) is 3.77. The molecule has 96 valence electrons. The lowest BCUT2D eigenvalue weighted by Crippen LogP contribution is -2.66. The van der Waals surface area contributed by atoms with E-state index in [0.29, 0.717) is 18.6 Å². The van der Waals surface area contributed by atoms with Crippen molar-refractivity contribution >= 4 is 5.97 Å². The van der Waals surface area contributed by atoms with Crippen LogP contribution in [-0.4, -0.2) is 30.8 Å². The Kier molecular flexibility index (Phi) is 3.06. The van der Waals surface area contributed by atoms with Gasteiger partial charge in [-0.05, 0) is 18.9 Å². The number of carbonyl (C=O) groups is 1. The van der Waals surface area contributed by atoms with Crippen LogP contribution in [0.15, 0.2) is 36.0 Å². The van der Waals surface area contributed by atoms with Gasteiger partial charge in [0.15, 0.2) is 6.17 Å². The molecule has 2 aliphatic carbocycles. The molecule has 1 heterocycles. The molecule has 0 bridgehead atoms. The van der Waals surface area contributed by atoms with E-state index in [1.165, 1.54) is 5.57 Å². The largest absolute Gasteiger partial charge is 0.464 e. The minimum atomic E-state index is -0.397. The summed E-state index contributed by atoms with van der Waals surface area (Å²) in [6, 6.07) is 0.530. The van der Waals surface area contributed by atoms with Gasteiger partial charge in [-0.15, -0.1) is 0 Å². The summed E-state index contributed by atoms with van der Waals surface area (Å²) in [5.41, 5.74) is 1.33. The topological polar surface area (TPSA) is 50.4 Å². The highest BCUT2D eigenvalue weighted by Gasteiger charge is 2.41. The van der Waals surface area contributed by atoms with Gasteiger partial charge in [-0.2, -0.15) is 0 Å². The molecule has 0 aromatic rings. The minimum absolute atomic E-state index is 0.213. The molecule has 4 heteroatoms. The van der Waals surface area contributed by atoms with Crippen molar-refractivity contribution in [3.63, 3.8) is 0 Å².